The Morgan fingerprint density at radius 1 is 1.10 bits per heavy atom. The third-order valence-corrected chi connectivity index (χ3v) is 4.63. The van der Waals surface area contributed by atoms with Crippen molar-refractivity contribution >= 4 is 23.4 Å². The van der Waals surface area contributed by atoms with Gasteiger partial charge in [-0.2, -0.15) is 10.1 Å². The number of benzene rings is 1. The molecule has 3 aromatic heterocycles. The second-order valence-electron chi connectivity index (χ2n) is 6.75. The van der Waals surface area contributed by atoms with Gasteiger partial charge in [-0.1, -0.05) is 30.3 Å². The molecule has 31 heavy (non-hydrogen) atoms. The van der Waals surface area contributed by atoms with Gasteiger partial charge in [0.2, 0.25) is 5.78 Å². The van der Waals surface area contributed by atoms with Crippen LogP contribution in [0.3, 0.4) is 0 Å². The Kier molecular flexibility index (Phi) is 5.72. The first-order valence-electron chi connectivity index (χ1n) is 9.58. The molecule has 0 aliphatic heterocycles. The molecule has 10 nitrogen and oxygen atoms in total. The van der Waals surface area contributed by atoms with Gasteiger partial charge in [-0.05, 0) is 6.07 Å². The van der Waals surface area contributed by atoms with Crippen LogP contribution in [0.1, 0.15) is 20.8 Å². The highest BCUT2D eigenvalue weighted by Crippen LogP contribution is 2.19. The van der Waals surface area contributed by atoms with Crippen LogP contribution in [0.2, 0.25) is 0 Å². The number of carbonyl (C=O) groups excluding carboxylic acids is 2. The van der Waals surface area contributed by atoms with Crippen molar-refractivity contribution in [3.05, 3.63) is 66.2 Å². The summed E-state index contributed by atoms with van der Waals surface area (Å²) in [5.41, 5.74) is 2.05. The molecule has 0 bridgehead atoms. The fourth-order valence-corrected chi connectivity index (χ4v) is 3.10. The van der Waals surface area contributed by atoms with E-state index in [1.54, 1.807) is 30.8 Å². The van der Waals surface area contributed by atoms with Crippen molar-refractivity contribution in [3.63, 3.8) is 0 Å². The van der Waals surface area contributed by atoms with Crippen molar-refractivity contribution in [1.82, 2.24) is 29.5 Å². The lowest BCUT2D eigenvalue weighted by Crippen LogP contribution is -2.29. The lowest BCUT2D eigenvalue weighted by molar-refractivity contribution is 0.0924. The van der Waals surface area contributed by atoms with Gasteiger partial charge in [0.1, 0.15) is 11.5 Å². The first-order chi connectivity index (χ1) is 15.1. The SMILES string of the molecule is COCCNC(=O)c1cnn(C)c1C(=O)Nc1ccn2cc(-c3ccccc3)nc2n1. The van der Waals surface area contributed by atoms with Gasteiger partial charge in [0.05, 0.1) is 24.1 Å². The number of hydrogen-bond donors (Lipinski definition) is 2. The number of nitrogens with zero attached hydrogens (tertiary/aromatic N) is 5. The molecule has 0 fully saturated rings. The molecule has 1 aromatic carbocycles. The zero-order valence-corrected chi connectivity index (χ0v) is 17.1. The van der Waals surface area contributed by atoms with Crippen LogP contribution < -0.4 is 10.6 Å². The monoisotopic (exact) mass is 419 g/mol. The maximum atomic E-state index is 12.9. The van der Waals surface area contributed by atoms with E-state index < -0.39 is 11.8 Å². The topological polar surface area (TPSA) is 115 Å². The highest BCUT2D eigenvalue weighted by Gasteiger charge is 2.22. The number of imidazole rings is 1. The first kappa shape index (κ1) is 20.2. The molecular formula is C21H21N7O3. The zero-order chi connectivity index (χ0) is 21.8. The minimum atomic E-state index is -0.497. The predicted molar refractivity (Wildman–Crippen MR) is 114 cm³/mol. The average Bonchev–Trinajstić information content (AvgIpc) is 3.37. The first-order valence-corrected chi connectivity index (χ1v) is 9.58. The van der Waals surface area contributed by atoms with Crippen molar-refractivity contribution in [2.24, 2.45) is 7.05 Å². The molecule has 0 atom stereocenters. The number of methoxy groups -OCH3 is 1. The number of anilines is 1. The minimum absolute atomic E-state index is 0.130. The van der Waals surface area contributed by atoms with Gasteiger partial charge in [-0.15, -0.1) is 0 Å². The van der Waals surface area contributed by atoms with Gasteiger partial charge in [0.25, 0.3) is 11.8 Å². The molecule has 4 aromatic rings. The molecule has 2 N–H and O–H groups in total. The zero-order valence-electron chi connectivity index (χ0n) is 17.1. The van der Waals surface area contributed by atoms with Gasteiger partial charge in [-0.3, -0.25) is 18.7 Å². The van der Waals surface area contributed by atoms with Crippen LogP contribution in [-0.4, -0.2) is 56.2 Å². The molecule has 0 saturated heterocycles. The Morgan fingerprint density at radius 2 is 1.90 bits per heavy atom. The summed E-state index contributed by atoms with van der Waals surface area (Å²) in [6.45, 7) is 0.694. The van der Waals surface area contributed by atoms with Crippen LogP contribution in [0, 0.1) is 0 Å². The highest BCUT2D eigenvalue weighted by molar-refractivity contribution is 6.10. The Hall–Kier alpha value is -4.05. The molecule has 0 spiro atoms. The lowest BCUT2D eigenvalue weighted by atomic mass is 10.2. The summed E-state index contributed by atoms with van der Waals surface area (Å²) in [6, 6.07) is 11.4. The maximum absolute atomic E-state index is 12.9. The second-order valence-corrected chi connectivity index (χ2v) is 6.75. The van der Waals surface area contributed by atoms with Crippen molar-refractivity contribution in [1.29, 1.82) is 0 Å². The van der Waals surface area contributed by atoms with E-state index in [1.165, 1.54) is 10.9 Å². The molecule has 3 heterocycles. The Balaban J connectivity index is 1.55. The minimum Gasteiger partial charge on any atom is -0.383 e. The van der Waals surface area contributed by atoms with Crippen molar-refractivity contribution in [3.8, 4) is 11.3 Å². The van der Waals surface area contributed by atoms with E-state index in [1.807, 2.05) is 36.5 Å². The van der Waals surface area contributed by atoms with E-state index >= 15 is 0 Å². The largest absolute Gasteiger partial charge is 0.383 e. The maximum Gasteiger partial charge on any atom is 0.275 e. The summed E-state index contributed by atoms with van der Waals surface area (Å²) in [6.07, 6.45) is 4.99. The van der Waals surface area contributed by atoms with E-state index in [0.717, 1.165) is 11.3 Å². The van der Waals surface area contributed by atoms with E-state index in [0.29, 0.717) is 24.7 Å². The van der Waals surface area contributed by atoms with Crippen molar-refractivity contribution in [2.75, 3.05) is 25.6 Å². The third-order valence-electron chi connectivity index (χ3n) is 4.63. The Labute approximate surface area is 177 Å². The van der Waals surface area contributed by atoms with Crippen LogP contribution in [0.15, 0.2) is 55.0 Å². The summed E-state index contributed by atoms with van der Waals surface area (Å²) in [4.78, 5) is 34.2. The normalized spacial score (nSPS) is 10.9. The summed E-state index contributed by atoms with van der Waals surface area (Å²) in [7, 11) is 3.14. The number of aromatic nitrogens is 5. The number of nitrogens with one attached hydrogen (secondary N) is 2. The Bertz CT molecular complexity index is 1230. The Morgan fingerprint density at radius 3 is 2.68 bits per heavy atom. The summed E-state index contributed by atoms with van der Waals surface area (Å²) >= 11 is 0. The van der Waals surface area contributed by atoms with Gasteiger partial charge in [-0.25, -0.2) is 4.98 Å². The van der Waals surface area contributed by atoms with Gasteiger partial charge in [0.15, 0.2) is 0 Å². The molecule has 0 unspecified atom stereocenters. The van der Waals surface area contributed by atoms with E-state index in [9.17, 15) is 9.59 Å². The molecule has 10 heteroatoms. The van der Waals surface area contributed by atoms with Gasteiger partial charge in [0, 0.05) is 38.7 Å². The molecule has 0 radical (unpaired) electrons. The molecule has 0 saturated carbocycles. The van der Waals surface area contributed by atoms with Crippen LogP contribution in [0.4, 0.5) is 5.82 Å². The van der Waals surface area contributed by atoms with Crippen LogP contribution in [0.25, 0.3) is 17.0 Å². The molecular weight excluding hydrogens is 398 g/mol. The number of fused-ring (bicyclic) bond motifs is 1. The predicted octanol–water partition coefficient (Wildman–Crippen LogP) is 1.76. The van der Waals surface area contributed by atoms with E-state index in [2.05, 4.69) is 25.7 Å². The van der Waals surface area contributed by atoms with Crippen molar-refractivity contribution in [2.45, 2.75) is 0 Å². The summed E-state index contributed by atoms with van der Waals surface area (Å²) < 4.78 is 8.05. The quantitative estimate of drug-likeness (QED) is 0.441. The van der Waals surface area contributed by atoms with E-state index in [-0.39, 0.29) is 11.3 Å². The highest BCUT2D eigenvalue weighted by atomic mass is 16.5. The van der Waals surface area contributed by atoms with Crippen LogP contribution in [-0.2, 0) is 11.8 Å². The number of rotatable bonds is 7. The third kappa shape index (κ3) is 4.28. The smallest absolute Gasteiger partial charge is 0.275 e. The molecule has 0 aliphatic carbocycles. The molecule has 2 amide bonds. The van der Waals surface area contributed by atoms with Crippen LogP contribution >= 0.6 is 0 Å². The lowest BCUT2D eigenvalue weighted by Gasteiger charge is -2.08. The standard InChI is InChI=1S/C21H21N7O3/c1-27-18(15(12-23-27)19(29)22-9-11-31-2)20(30)25-17-8-10-28-13-16(24-21(28)26-17)14-6-4-3-5-7-14/h3-8,10,12-13H,9,11H2,1-2H3,(H,22,29)(H,24,25,26,30). The summed E-state index contributed by atoms with van der Waals surface area (Å²) in [5, 5.41) is 9.45. The average molecular weight is 419 g/mol. The number of amides is 2. The molecule has 0 aliphatic rings. The second kappa shape index (κ2) is 8.76. The van der Waals surface area contributed by atoms with E-state index in [4.69, 9.17) is 4.74 Å². The number of ether oxygens (including phenoxy) is 1. The fourth-order valence-electron chi connectivity index (χ4n) is 3.10. The molecule has 4 rings (SSSR count). The van der Waals surface area contributed by atoms with Gasteiger partial charge >= 0.3 is 0 Å². The number of aryl methyl sites for hydroxylation is 1. The van der Waals surface area contributed by atoms with Crippen molar-refractivity contribution < 1.29 is 14.3 Å². The summed E-state index contributed by atoms with van der Waals surface area (Å²) in [5.74, 6) is -0.142. The van der Waals surface area contributed by atoms with Crippen LogP contribution in [0.5, 0.6) is 0 Å². The number of carbonyl (C=O) groups is 2. The molecule has 158 valence electrons. The number of hydrogen-bond acceptors (Lipinski definition) is 6. The van der Waals surface area contributed by atoms with Gasteiger partial charge < -0.3 is 15.4 Å². The fraction of sp³-hybridized carbons (Fsp3) is 0.190.